The smallest absolute Gasteiger partial charge is 0.251 e. The van der Waals surface area contributed by atoms with Crippen molar-refractivity contribution in [3.63, 3.8) is 0 Å². The molecule has 0 radical (unpaired) electrons. The fraction of sp³-hybridized carbons (Fsp3) is 0.350. The van der Waals surface area contributed by atoms with Crippen LogP contribution in [0.3, 0.4) is 0 Å². The van der Waals surface area contributed by atoms with Crippen LogP contribution in [-0.4, -0.2) is 23.5 Å². The van der Waals surface area contributed by atoms with Gasteiger partial charge >= 0.3 is 0 Å². The SMILES string of the molecule is O=C(NCCSC1CCCC1)c1ccc(-c2ccccc2)cc1. The van der Waals surface area contributed by atoms with Crippen molar-refractivity contribution in [2.24, 2.45) is 0 Å². The molecule has 23 heavy (non-hydrogen) atoms. The number of hydrogen-bond donors (Lipinski definition) is 1. The first-order chi connectivity index (χ1) is 11.3. The van der Waals surface area contributed by atoms with Gasteiger partial charge in [0.25, 0.3) is 5.91 Å². The van der Waals surface area contributed by atoms with Crippen molar-refractivity contribution in [3.05, 3.63) is 60.2 Å². The molecule has 2 nitrogen and oxygen atoms in total. The highest BCUT2D eigenvalue weighted by Crippen LogP contribution is 2.28. The van der Waals surface area contributed by atoms with Gasteiger partial charge in [-0.25, -0.2) is 0 Å². The van der Waals surface area contributed by atoms with Gasteiger partial charge in [0.15, 0.2) is 0 Å². The van der Waals surface area contributed by atoms with E-state index in [-0.39, 0.29) is 5.91 Å². The highest BCUT2D eigenvalue weighted by molar-refractivity contribution is 7.99. The van der Waals surface area contributed by atoms with E-state index in [1.807, 2.05) is 54.2 Å². The number of amides is 1. The van der Waals surface area contributed by atoms with Gasteiger partial charge < -0.3 is 5.32 Å². The van der Waals surface area contributed by atoms with E-state index < -0.39 is 0 Å². The molecular weight excluding hydrogens is 302 g/mol. The van der Waals surface area contributed by atoms with Gasteiger partial charge in [0, 0.05) is 23.1 Å². The van der Waals surface area contributed by atoms with Gasteiger partial charge in [-0.15, -0.1) is 0 Å². The zero-order valence-corrected chi connectivity index (χ0v) is 14.1. The lowest BCUT2D eigenvalue weighted by Gasteiger charge is -2.09. The Bertz CT molecular complexity index is 618. The normalized spacial score (nSPS) is 14.8. The molecule has 0 saturated heterocycles. The molecule has 1 fully saturated rings. The van der Waals surface area contributed by atoms with E-state index in [2.05, 4.69) is 17.4 Å². The Morgan fingerprint density at radius 3 is 2.30 bits per heavy atom. The van der Waals surface area contributed by atoms with Crippen LogP contribution >= 0.6 is 11.8 Å². The molecule has 120 valence electrons. The third kappa shape index (κ3) is 4.61. The lowest BCUT2D eigenvalue weighted by Crippen LogP contribution is -2.26. The van der Waals surface area contributed by atoms with Crippen LogP contribution in [0.25, 0.3) is 11.1 Å². The van der Waals surface area contributed by atoms with Crippen molar-refractivity contribution in [1.29, 1.82) is 0 Å². The molecule has 1 saturated carbocycles. The van der Waals surface area contributed by atoms with Crippen LogP contribution < -0.4 is 5.32 Å². The maximum Gasteiger partial charge on any atom is 0.251 e. The molecule has 2 aromatic rings. The maximum atomic E-state index is 12.2. The largest absolute Gasteiger partial charge is 0.351 e. The van der Waals surface area contributed by atoms with Gasteiger partial charge in [-0.1, -0.05) is 55.3 Å². The van der Waals surface area contributed by atoms with Crippen LogP contribution in [0.2, 0.25) is 0 Å². The summed E-state index contributed by atoms with van der Waals surface area (Å²) in [6, 6.07) is 18.0. The van der Waals surface area contributed by atoms with Crippen molar-refractivity contribution < 1.29 is 4.79 Å². The molecule has 3 heteroatoms. The number of hydrogen-bond acceptors (Lipinski definition) is 2. The first kappa shape index (κ1) is 16.1. The Balaban J connectivity index is 1.47. The van der Waals surface area contributed by atoms with Crippen LogP contribution in [0.1, 0.15) is 36.0 Å². The number of thioether (sulfide) groups is 1. The van der Waals surface area contributed by atoms with Gasteiger partial charge in [0.2, 0.25) is 0 Å². The summed E-state index contributed by atoms with van der Waals surface area (Å²) in [4.78, 5) is 12.2. The second kappa shape index (κ2) is 8.21. The Morgan fingerprint density at radius 2 is 1.61 bits per heavy atom. The summed E-state index contributed by atoms with van der Waals surface area (Å²) in [5, 5.41) is 3.84. The number of nitrogens with one attached hydrogen (secondary N) is 1. The Hall–Kier alpha value is -1.74. The predicted octanol–water partition coefficient (Wildman–Crippen LogP) is 4.76. The second-order valence-electron chi connectivity index (χ2n) is 5.98. The zero-order chi connectivity index (χ0) is 15.9. The van der Waals surface area contributed by atoms with Crippen molar-refractivity contribution in [1.82, 2.24) is 5.32 Å². The zero-order valence-electron chi connectivity index (χ0n) is 13.3. The van der Waals surface area contributed by atoms with E-state index in [0.29, 0.717) is 0 Å². The summed E-state index contributed by atoms with van der Waals surface area (Å²) < 4.78 is 0. The molecule has 1 aliphatic carbocycles. The molecular formula is C20H23NOS. The highest BCUT2D eigenvalue weighted by atomic mass is 32.2. The standard InChI is InChI=1S/C20H23NOS/c22-20(21-14-15-23-19-8-4-5-9-19)18-12-10-17(11-13-18)16-6-2-1-3-7-16/h1-3,6-7,10-13,19H,4-5,8-9,14-15H2,(H,21,22). The lowest BCUT2D eigenvalue weighted by atomic mass is 10.0. The van der Waals surface area contributed by atoms with Gasteiger partial charge in [-0.3, -0.25) is 4.79 Å². The number of rotatable bonds is 6. The topological polar surface area (TPSA) is 29.1 Å². The molecule has 0 unspecified atom stereocenters. The summed E-state index contributed by atoms with van der Waals surface area (Å²) in [5.41, 5.74) is 3.04. The summed E-state index contributed by atoms with van der Waals surface area (Å²) in [6.07, 6.45) is 5.44. The number of carbonyl (C=O) groups is 1. The fourth-order valence-corrected chi connectivity index (χ4v) is 4.21. The molecule has 3 rings (SSSR count). The van der Waals surface area contributed by atoms with Crippen molar-refractivity contribution >= 4 is 17.7 Å². The minimum atomic E-state index is 0.0247. The van der Waals surface area contributed by atoms with Gasteiger partial charge in [-0.2, -0.15) is 11.8 Å². The van der Waals surface area contributed by atoms with Gasteiger partial charge in [-0.05, 0) is 36.1 Å². The van der Waals surface area contributed by atoms with Crippen LogP contribution in [-0.2, 0) is 0 Å². The van der Waals surface area contributed by atoms with Crippen LogP contribution in [0.15, 0.2) is 54.6 Å². The Labute approximate surface area is 142 Å². The minimum Gasteiger partial charge on any atom is -0.351 e. The average Bonchev–Trinajstić information content (AvgIpc) is 3.13. The molecule has 0 atom stereocenters. The molecule has 1 N–H and O–H groups in total. The molecule has 0 aromatic heterocycles. The minimum absolute atomic E-state index is 0.0247. The molecule has 0 aliphatic heterocycles. The van der Waals surface area contributed by atoms with E-state index in [1.54, 1.807) is 0 Å². The van der Waals surface area contributed by atoms with Crippen molar-refractivity contribution in [2.75, 3.05) is 12.3 Å². The summed E-state index contributed by atoms with van der Waals surface area (Å²) in [6.45, 7) is 0.750. The van der Waals surface area contributed by atoms with Crippen LogP contribution in [0.4, 0.5) is 0 Å². The molecule has 0 spiro atoms. The summed E-state index contributed by atoms with van der Waals surface area (Å²) in [7, 11) is 0. The van der Waals surface area contributed by atoms with Gasteiger partial charge in [0.05, 0.1) is 0 Å². The first-order valence-corrected chi connectivity index (χ1v) is 9.43. The number of benzene rings is 2. The van der Waals surface area contributed by atoms with E-state index in [4.69, 9.17) is 0 Å². The predicted molar refractivity (Wildman–Crippen MR) is 98.9 cm³/mol. The summed E-state index contributed by atoms with van der Waals surface area (Å²) >= 11 is 2.01. The van der Waals surface area contributed by atoms with Crippen molar-refractivity contribution in [3.8, 4) is 11.1 Å². The van der Waals surface area contributed by atoms with Gasteiger partial charge in [0.1, 0.15) is 0 Å². The second-order valence-corrected chi connectivity index (χ2v) is 7.38. The maximum absolute atomic E-state index is 12.2. The molecule has 0 bridgehead atoms. The molecule has 0 heterocycles. The lowest BCUT2D eigenvalue weighted by molar-refractivity contribution is 0.0956. The van der Waals surface area contributed by atoms with Crippen molar-refractivity contribution in [2.45, 2.75) is 30.9 Å². The van der Waals surface area contributed by atoms with Crippen LogP contribution in [0, 0.1) is 0 Å². The molecule has 1 amide bonds. The summed E-state index contributed by atoms with van der Waals surface area (Å²) in [5.74, 6) is 1.04. The van der Waals surface area contributed by atoms with E-state index >= 15 is 0 Å². The highest BCUT2D eigenvalue weighted by Gasteiger charge is 2.14. The molecule has 1 aliphatic rings. The monoisotopic (exact) mass is 325 g/mol. The Morgan fingerprint density at radius 1 is 0.957 bits per heavy atom. The average molecular weight is 325 g/mol. The fourth-order valence-electron chi connectivity index (χ4n) is 2.99. The Kier molecular flexibility index (Phi) is 5.76. The quantitative estimate of drug-likeness (QED) is 0.776. The third-order valence-corrected chi connectivity index (χ3v) is 5.68. The molecule has 2 aromatic carbocycles. The third-order valence-electron chi connectivity index (χ3n) is 4.30. The number of carbonyl (C=O) groups excluding carboxylic acids is 1. The van der Waals surface area contributed by atoms with Crippen LogP contribution in [0.5, 0.6) is 0 Å². The van der Waals surface area contributed by atoms with E-state index in [0.717, 1.165) is 28.7 Å². The van der Waals surface area contributed by atoms with E-state index in [9.17, 15) is 4.79 Å². The van der Waals surface area contributed by atoms with E-state index in [1.165, 1.54) is 31.2 Å². The first-order valence-electron chi connectivity index (χ1n) is 8.38.